The van der Waals surface area contributed by atoms with Crippen LogP contribution in [0.1, 0.15) is 31.9 Å². The molecule has 0 radical (unpaired) electrons. The zero-order valence-corrected chi connectivity index (χ0v) is 18.7. The van der Waals surface area contributed by atoms with Gasteiger partial charge in [0.2, 0.25) is 0 Å². The number of aromatic nitrogens is 1. The number of alkyl halides is 4. The molecule has 0 bridgehead atoms. The van der Waals surface area contributed by atoms with Crippen molar-refractivity contribution in [1.29, 1.82) is 10.8 Å². The van der Waals surface area contributed by atoms with E-state index in [-0.39, 0.29) is 11.7 Å². The Morgan fingerprint density at radius 2 is 1.84 bits per heavy atom. The fourth-order valence-electron chi connectivity index (χ4n) is 3.15. The predicted octanol–water partition coefficient (Wildman–Crippen LogP) is 5.51. The number of benzene rings is 1. The van der Waals surface area contributed by atoms with Crippen molar-refractivity contribution < 1.29 is 13.2 Å². The van der Waals surface area contributed by atoms with Gasteiger partial charge in [-0.3, -0.25) is 15.3 Å². The average Bonchev–Trinajstić information content (AvgIpc) is 2.77. The summed E-state index contributed by atoms with van der Waals surface area (Å²) in [5, 5.41) is 15.4. The lowest BCUT2D eigenvalue weighted by Gasteiger charge is -2.36. The van der Waals surface area contributed by atoms with Gasteiger partial charge in [-0.15, -0.1) is 11.6 Å². The largest absolute Gasteiger partial charge is 0.399 e. The van der Waals surface area contributed by atoms with E-state index in [1.54, 1.807) is 43.3 Å². The molecular formula is C22H26ClF3N6. The molecule has 1 aromatic carbocycles. The van der Waals surface area contributed by atoms with Gasteiger partial charge < -0.3 is 11.1 Å². The monoisotopic (exact) mass is 466 g/mol. The molecule has 0 fully saturated rings. The van der Waals surface area contributed by atoms with Crippen molar-refractivity contribution in [3.05, 3.63) is 53.7 Å². The van der Waals surface area contributed by atoms with Crippen LogP contribution in [0.2, 0.25) is 0 Å². The number of nitrogens with zero attached hydrogens (tertiary/aromatic N) is 3. The highest BCUT2D eigenvalue weighted by Crippen LogP contribution is 2.44. The highest BCUT2D eigenvalue weighted by Gasteiger charge is 2.54. The third-order valence-corrected chi connectivity index (χ3v) is 6.02. The number of nitrogens with one attached hydrogen (secondary N) is 2. The normalized spacial score (nSPS) is 16.0. The highest BCUT2D eigenvalue weighted by atomic mass is 35.5. The van der Waals surface area contributed by atoms with Gasteiger partial charge in [0.1, 0.15) is 17.1 Å². The minimum atomic E-state index is -4.62. The maximum absolute atomic E-state index is 13.7. The fraction of sp³-hybridized carbons (Fsp3) is 0.364. The first kappa shape index (κ1) is 25.3. The Bertz CT molecular complexity index is 976. The number of nitrogens with two attached hydrogens (primary N) is 1. The van der Waals surface area contributed by atoms with Gasteiger partial charge in [0, 0.05) is 24.0 Å². The van der Waals surface area contributed by atoms with E-state index in [0.29, 0.717) is 23.3 Å². The molecule has 1 unspecified atom stereocenters. The smallest absolute Gasteiger partial charge is 0.383 e. The molecule has 32 heavy (non-hydrogen) atoms. The maximum atomic E-state index is 13.7. The first-order chi connectivity index (χ1) is 15.0. The number of hydrogen-bond acceptors (Lipinski definition) is 5. The van der Waals surface area contributed by atoms with Gasteiger partial charge >= 0.3 is 6.18 Å². The van der Waals surface area contributed by atoms with E-state index < -0.39 is 23.6 Å². The summed E-state index contributed by atoms with van der Waals surface area (Å²) in [5.74, 6) is -0.451. The number of pyridine rings is 1. The molecule has 1 aromatic heterocycles. The Labute approximate surface area is 190 Å². The third-order valence-electron chi connectivity index (χ3n) is 5.71. The number of amidine groups is 1. The number of hydrogen-bond donors (Lipinski definition) is 3. The van der Waals surface area contributed by atoms with Crippen molar-refractivity contribution in [3.8, 4) is 0 Å². The van der Waals surface area contributed by atoms with E-state index in [2.05, 4.69) is 9.98 Å². The summed E-state index contributed by atoms with van der Waals surface area (Å²) in [6.45, 7) is 3.93. The topological polar surface area (TPSA) is 102 Å². The minimum absolute atomic E-state index is 0.126. The summed E-state index contributed by atoms with van der Waals surface area (Å²) >= 11 is 5.85. The summed E-state index contributed by atoms with van der Waals surface area (Å²) in [4.78, 5) is 10.0. The molecule has 3 atom stereocenters. The molecule has 0 amide bonds. The standard InChI is InChI=1S/C22H26ClF3N6/c1-14(21(3,12-27)22(24,25)26)15(2)31-20(18-5-4-10-30-19(18)29)32(13-28)17-8-6-16(11-23)7-9-17/h4-10,12-15,27-28H,11H2,1-3H3,(H2,29,30)/t14-,15+,21?/m1/s1. The number of halogens is 4. The molecule has 2 rings (SSSR count). The molecule has 6 nitrogen and oxygen atoms in total. The van der Waals surface area contributed by atoms with Crippen LogP contribution in [0.5, 0.6) is 0 Å². The second-order valence-corrected chi connectivity index (χ2v) is 7.91. The zero-order valence-electron chi connectivity index (χ0n) is 18.0. The van der Waals surface area contributed by atoms with Crippen LogP contribution in [-0.2, 0) is 5.88 Å². The molecule has 0 saturated carbocycles. The van der Waals surface area contributed by atoms with E-state index in [1.807, 2.05) is 0 Å². The van der Waals surface area contributed by atoms with Crippen LogP contribution < -0.4 is 10.6 Å². The summed E-state index contributed by atoms with van der Waals surface area (Å²) in [6, 6.07) is 9.43. The number of nitrogen functional groups attached to an aromatic ring is 1. The lowest BCUT2D eigenvalue weighted by atomic mass is 9.75. The van der Waals surface area contributed by atoms with E-state index in [9.17, 15) is 13.2 Å². The van der Waals surface area contributed by atoms with Crippen molar-refractivity contribution in [2.45, 2.75) is 38.9 Å². The van der Waals surface area contributed by atoms with Gasteiger partial charge in [0.25, 0.3) is 0 Å². The number of rotatable bonds is 8. The SMILES string of the molecule is C[C@H](N=C(c1cccnc1N)N(C=N)c1ccc(CCl)cc1)[C@@H](C)C(C)(C=N)C(F)(F)F. The van der Waals surface area contributed by atoms with Gasteiger partial charge in [-0.25, -0.2) is 4.98 Å². The highest BCUT2D eigenvalue weighted by molar-refractivity contribution is 6.20. The maximum Gasteiger partial charge on any atom is 0.399 e. The van der Waals surface area contributed by atoms with Crippen LogP contribution in [-0.4, -0.2) is 35.6 Å². The van der Waals surface area contributed by atoms with Gasteiger partial charge in [0.15, 0.2) is 0 Å². The van der Waals surface area contributed by atoms with Gasteiger partial charge in [-0.05, 0) is 49.6 Å². The molecular weight excluding hydrogens is 441 g/mol. The zero-order chi connectivity index (χ0) is 24.1. The van der Waals surface area contributed by atoms with Gasteiger partial charge in [0.05, 0.1) is 17.9 Å². The number of aliphatic imine (C=N–C) groups is 1. The lowest BCUT2D eigenvalue weighted by molar-refractivity contribution is -0.206. The molecule has 0 aliphatic rings. The minimum Gasteiger partial charge on any atom is -0.383 e. The second kappa shape index (κ2) is 10.1. The summed E-state index contributed by atoms with van der Waals surface area (Å²) in [7, 11) is 0. The molecule has 0 aliphatic heterocycles. The van der Waals surface area contributed by atoms with Crippen LogP contribution in [0.25, 0.3) is 0 Å². The van der Waals surface area contributed by atoms with Gasteiger partial charge in [-0.2, -0.15) is 13.2 Å². The molecule has 4 N–H and O–H groups in total. The Kier molecular flexibility index (Phi) is 8.01. The first-order valence-corrected chi connectivity index (χ1v) is 10.3. The van der Waals surface area contributed by atoms with Crippen LogP contribution in [0.4, 0.5) is 24.7 Å². The quantitative estimate of drug-likeness (QED) is 0.271. The van der Waals surface area contributed by atoms with E-state index in [0.717, 1.165) is 18.8 Å². The van der Waals surface area contributed by atoms with E-state index >= 15 is 0 Å². The van der Waals surface area contributed by atoms with Crippen molar-refractivity contribution in [2.75, 3.05) is 10.6 Å². The van der Waals surface area contributed by atoms with Crippen molar-refractivity contribution in [3.63, 3.8) is 0 Å². The van der Waals surface area contributed by atoms with Crippen LogP contribution in [0.15, 0.2) is 47.6 Å². The molecule has 1 heterocycles. The Morgan fingerprint density at radius 1 is 1.22 bits per heavy atom. The molecule has 10 heteroatoms. The van der Waals surface area contributed by atoms with Crippen LogP contribution in [0, 0.1) is 22.2 Å². The first-order valence-electron chi connectivity index (χ1n) is 9.81. The fourth-order valence-corrected chi connectivity index (χ4v) is 3.33. The van der Waals surface area contributed by atoms with Crippen molar-refractivity contribution in [1.82, 2.24) is 4.98 Å². The van der Waals surface area contributed by atoms with Crippen LogP contribution >= 0.6 is 11.6 Å². The third kappa shape index (κ3) is 5.09. The summed E-state index contributed by atoms with van der Waals surface area (Å²) in [6.07, 6.45) is -1.70. The Morgan fingerprint density at radius 3 is 2.31 bits per heavy atom. The number of anilines is 2. The lowest BCUT2D eigenvalue weighted by Crippen LogP contribution is -2.46. The summed E-state index contributed by atoms with van der Waals surface area (Å²) < 4.78 is 41.1. The molecule has 172 valence electrons. The summed E-state index contributed by atoms with van der Waals surface area (Å²) in [5.41, 5.74) is 5.47. The second-order valence-electron chi connectivity index (χ2n) is 7.64. The van der Waals surface area contributed by atoms with Gasteiger partial charge in [-0.1, -0.05) is 19.1 Å². The Hall–Kier alpha value is -2.94. The molecule has 0 saturated heterocycles. The van der Waals surface area contributed by atoms with Crippen molar-refractivity contribution >= 4 is 41.5 Å². The molecule has 0 aliphatic carbocycles. The molecule has 2 aromatic rings. The van der Waals surface area contributed by atoms with Crippen LogP contribution in [0.3, 0.4) is 0 Å². The van der Waals surface area contributed by atoms with Crippen molar-refractivity contribution in [2.24, 2.45) is 16.3 Å². The predicted molar refractivity (Wildman–Crippen MR) is 124 cm³/mol. The van der Waals surface area contributed by atoms with E-state index in [1.165, 1.54) is 18.0 Å². The molecule has 0 spiro atoms. The average molecular weight is 467 g/mol. The van der Waals surface area contributed by atoms with E-state index in [4.69, 9.17) is 28.2 Å². The Balaban J connectivity index is 2.62.